The van der Waals surface area contributed by atoms with Crippen LogP contribution in [0.5, 0.6) is 0 Å². The normalized spacial score (nSPS) is 15.6. The van der Waals surface area contributed by atoms with Crippen molar-refractivity contribution in [3.8, 4) is 0 Å². The van der Waals surface area contributed by atoms with Gasteiger partial charge in [0.1, 0.15) is 0 Å². The van der Waals surface area contributed by atoms with Gasteiger partial charge < -0.3 is 0 Å². The van der Waals surface area contributed by atoms with Crippen LogP contribution in [0.4, 0.5) is 0 Å². The third-order valence-electron chi connectivity index (χ3n) is 2.76. The summed E-state index contributed by atoms with van der Waals surface area (Å²) in [5.41, 5.74) is 1.53. The van der Waals surface area contributed by atoms with E-state index in [-0.39, 0.29) is 0 Å². The summed E-state index contributed by atoms with van der Waals surface area (Å²) in [4.78, 5) is 0. The van der Waals surface area contributed by atoms with Crippen LogP contribution in [-0.2, 0) is 0 Å². The Labute approximate surface area is 96.6 Å². The number of allylic oxidation sites excluding steroid dienone is 4. The van der Waals surface area contributed by atoms with Crippen LogP contribution in [0.15, 0.2) is 22.2 Å². The highest BCUT2D eigenvalue weighted by molar-refractivity contribution is 9.11. The van der Waals surface area contributed by atoms with E-state index in [0.29, 0.717) is 0 Å². The number of unbranched alkanes of at least 4 members (excludes halogenated alkanes) is 5. The third kappa shape index (κ3) is 4.45. The molecule has 0 aliphatic heterocycles. The molecule has 0 spiro atoms. The zero-order chi connectivity index (χ0) is 10.2. The van der Waals surface area contributed by atoms with Crippen molar-refractivity contribution in [2.45, 2.75) is 58.3 Å². The van der Waals surface area contributed by atoms with E-state index in [9.17, 15) is 0 Å². The van der Waals surface area contributed by atoms with Gasteiger partial charge in [-0.1, -0.05) is 67.1 Å². The molecule has 0 aromatic rings. The first kappa shape index (κ1) is 12.0. The maximum atomic E-state index is 3.62. The lowest BCUT2D eigenvalue weighted by atomic mass is 10.1. The molecular formula is C13H21Br. The molecule has 0 N–H and O–H groups in total. The van der Waals surface area contributed by atoms with E-state index in [1.165, 1.54) is 55.0 Å². The first-order valence-corrected chi connectivity index (χ1v) is 6.68. The molecule has 0 aromatic heterocycles. The van der Waals surface area contributed by atoms with Crippen molar-refractivity contribution in [3.63, 3.8) is 0 Å². The maximum absolute atomic E-state index is 3.62. The van der Waals surface area contributed by atoms with Gasteiger partial charge in [0.2, 0.25) is 0 Å². The van der Waals surface area contributed by atoms with Gasteiger partial charge in [-0.25, -0.2) is 0 Å². The number of hydrogen-bond acceptors (Lipinski definition) is 0. The first-order chi connectivity index (χ1) is 6.84. The van der Waals surface area contributed by atoms with E-state index in [4.69, 9.17) is 0 Å². The van der Waals surface area contributed by atoms with Gasteiger partial charge in [0.15, 0.2) is 0 Å². The van der Waals surface area contributed by atoms with E-state index >= 15 is 0 Å². The molecule has 0 atom stereocenters. The summed E-state index contributed by atoms with van der Waals surface area (Å²) in [5.74, 6) is 0. The fourth-order valence-electron chi connectivity index (χ4n) is 1.84. The fourth-order valence-corrected chi connectivity index (χ4v) is 2.36. The lowest BCUT2D eigenvalue weighted by Crippen LogP contribution is -1.82. The largest absolute Gasteiger partial charge is 0.0793 e. The van der Waals surface area contributed by atoms with Gasteiger partial charge in [0.05, 0.1) is 0 Å². The third-order valence-corrected chi connectivity index (χ3v) is 3.60. The Bertz CT molecular complexity index is 213. The number of rotatable bonds is 7. The van der Waals surface area contributed by atoms with Gasteiger partial charge in [0.25, 0.3) is 0 Å². The van der Waals surface area contributed by atoms with Gasteiger partial charge >= 0.3 is 0 Å². The van der Waals surface area contributed by atoms with Gasteiger partial charge in [-0.05, 0) is 24.8 Å². The molecule has 0 saturated heterocycles. The summed E-state index contributed by atoms with van der Waals surface area (Å²) in [5, 5.41) is 0. The molecule has 1 aliphatic carbocycles. The predicted molar refractivity (Wildman–Crippen MR) is 67.7 cm³/mol. The number of hydrogen-bond donors (Lipinski definition) is 0. The van der Waals surface area contributed by atoms with E-state index < -0.39 is 0 Å². The van der Waals surface area contributed by atoms with Crippen molar-refractivity contribution in [1.29, 1.82) is 0 Å². The molecule has 0 fully saturated rings. The lowest BCUT2D eigenvalue weighted by Gasteiger charge is -2.02. The smallest absolute Gasteiger partial charge is 0.00203 e. The van der Waals surface area contributed by atoms with Crippen LogP contribution in [0.1, 0.15) is 58.3 Å². The van der Waals surface area contributed by atoms with Crippen molar-refractivity contribution in [2.75, 3.05) is 0 Å². The van der Waals surface area contributed by atoms with Crippen molar-refractivity contribution in [3.05, 3.63) is 22.2 Å². The van der Waals surface area contributed by atoms with Crippen LogP contribution < -0.4 is 0 Å². The minimum Gasteiger partial charge on any atom is -0.0793 e. The molecule has 1 heteroatoms. The highest BCUT2D eigenvalue weighted by Crippen LogP contribution is 2.28. The Morgan fingerprint density at radius 3 is 2.50 bits per heavy atom. The minimum atomic E-state index is 1.12. The second kappa shape index (κ2) is 7.28. The van der Waals surface area contributed by atoms with Gasteiger partial charge in [-0.15, -0.1) is 0 Å². The summed E-state index contributed by atoms with van der Waals surface area (Å²) in [6.07, 6.45) is 15.3. The van der Waals surface area contributed by atoms with Crippen LogP contribution in [0.25, 0.3) is 0 Å². The molecule has 0 bridgehead atoms. The summed E-state index contributed by atoms with van der Waals surface area (Å²) in [7, 11) is 0. The molecule has 1 rings (SSSR count). The topological polar surface area (TPSA) is 0 Å². The Morgan fingerprint density at radius 2 is 1.86 bits per heavy atom. The van der Waals surface area contributed by atoms with E-state index in [1.807, 2.05) is 0 Å². The van der Waals surface area contributed by atoms with Crippen LogP contribution in [0.2, 0.25) is 0 Å². The molecule has 1 aliphatic rings. The number of halogens is 1. The zero-order valence-electron chi connectivity index (χ0n) is 9.19. The second-order valence-corrected chi connectivity index (χ2v) is 5.01. The SMILES string of the molecule is CCCCCCCCC1=C(Br)CC=C1. The molecule has 0 aromatic carbocycles. The molecule has 14 heavy (non-hydrogen) atoms. The first-order valence-electron chi connectivity index (χ1n) is 5.88. The van der Waals surface area contributed by atoms with E-state index in [1.54, 1.807) is 0 Å². The lowest BCUT2D eigenvalue weighted by molar-refractivity contribution is 0.608. The standard InChI is InChI=1S/C13H21Br/c1-2-3-4-5-6-7-9-12-10-8-11-13(12)14/h8,10H,2-7,9,11H2,1H3. The second-order valence-electron chi connectivity index (χ2n) is 4.05. The Morgan fingerprint density at radius 1 is 1.14 bits per heavy atom. The predicted octanol–water partition coefficient (Wildman–Crippen LogP) is 5.35. The molecule has 0 amide bonds. The summed E-state index contributed by atoms with van der Waals surface area (Å²) >= 11 is 3.62. The van der Waals surface area contributed by atoms with Crippen molar-refractivity contribution in [2.24, 2.45) is 0 Å². The molecular weight excluding hydrogens is 236 g/mol. The Balaban J connectivity index is 1.99. The highest BCUT2D eigenvalue weighted by atomic mass is 79.9. The highest BCUT2D eigenvalue weighted by Gasteiger charge is 2.04. The Kier molecular flexibility index (Phi) is 6.25. The average Bonchev–Trinajstić information content (AvgIpc) is 2.58. The summed E-state index contributed by atoms with van der Waals surface area (Å²) < 4.78 is 1.41. The monoisotopic (exact) mass is 256 g/mol. The zero-order valence-corrected chi connectivity index (χ0v) is 10.8. The van der Waals surface area contributed by atoms with Crippen molar-refractivity contribution < 1.29 is 0 Å². The average molecular weight is 257 g/mol. The molecule has 0 saturated carbocycles. The molecule has 0 unspecified atom stereocenters. The van der Waals surface area contributed by atoms with E-state index in [2.05, 4.69) is 35.0 Å². The van der Waals surface area contributed by atoms with Gasteiger partial charge in [0, 0.05) is 4.48 Å². The quantitative estimate of drug-likeness (QED) is 0.539. The van der Waals surface area contributed by atoms with Crippen molar-refractivity contribution >= 4 is 15.9 Å². The maximum Gasteiger partial charge on any atom is 0.00203 e. The van der Waals surface area contributed by atoms with Crippen LogP contribution in [0.3, 0.4) is 0 Å². The molecule has 0 radical (unpaired) electrons. The molecule has 80 valence electrons. The molecule has 0 nitrogen and oxygen atoms in total. The van der Waals surface area contributed by atoms with Crippen LogP contribution >= 0.6 is 15.9 Å². The molecule has 0 heterocycles. The van der Waals surface area contributed by atoms with Crippen molar-refractivity contribution in [1.82, 2.24) is 0 Å². The summed E-state index contributed by atoms with van der Waals surface area (Å²) in [6.45, 7) is 2.27. The van der Waals surface area contributed by atoms with Crippen LogP contribution in [0, 0.1) is 0 Å². The Hall–Kier alpha value is -0.0400. The van der Waals surface area contributed by atoms with E-state index in [0.717, 1.165) is 6.42 Å². The van der Waals surface area contributed by atoms with Gasteiger partial charge in [-0.2, -0.15) is 0 Å². The minimum absolute atomic E-state index is 1.12. The fraction of sp³-hybridized carbons (Fsp3) is 0.692. The summed E-state index contributed by atoms with van der Waals surface area (Å²) in [6, 6.07) is 0. The van der Waals surface area contributed by atoms with Gasteiger partial charge in [-0.3, -0.25) is 0 Å². The van der Waals surface area contributed by atoms with Crippen LogP contribution in [-0.4, -0.2) is 0 Å².